The van der Waals surface area contributed by atoms with E-state index in [2.05, 4.69) is 21.8 Å². The molecule has 0 radical (unpaired) electrons. The van der Waals surface area contributed by atoms with Gasteiger partial charge in [0, 0.05) is 18.9 Å². The summed E-state index contributed by atoms with van der Waals surface area (Å²) in [6.07, 6.45) is 9.49. The van der Waals surface area contributed by atoms with Crippen molar-refractivity contribution in [1.82, 2.24) is 20.4 Å². The fourth-order valence-electron chi connectivity index (χ4n) is 2.74. The van der Waals surface area contributed by atoms with Gasteiger partial charge in [-0.05, 0) is 18.9 Å². The van der Waals surface area contributed by atoms with Crippen LogP contribution in [0.5, 0.6) is 0 Å². The average molecular weight is 289 g/mol. The van der Waals surface area contributed by atoms with Crippen LogP contribution in [0.1, 0.15) is 38.5 Å². The van der Waals surface area contributed by atoms with Crippen LogP contribution in [0, 0.1) is 11.3 Å². The van der Waals surface area contributed by atoms with Crippen LogP contribution in [-0.4, -0.2) is 34.3 Å². The van der Waals surface area contributed by atoms with Gasteiger partial charge in [-0.1, -0.05) is 25.7 Å². The number of carbonyl (C=O) groups excluding carboxylic acids is 1. The summed E-state index contributed by atoms with van der Waals surface area (Å²) in [5.74, 6) is -0.0982. The Morgan fingerprint density at radius 2 is 2.10 bits per heavy atom. The minimum atomic E-state index is -0.656. The number of hydrogen-bond acceptors (Lipinski definition) is 4. The van der Waals surface area contributed by atoms with Crippen molar-refractivity contribution in [1.29, 1.82) is 5.26 Å². The third-order valence-corrected chi connectivity index (χ3v) is 3.91. The topological polar surface area (TPSA) is 82.7 Å². The van der Waals surface area contributed by atoms with Gasteiger partial charge in [0.25, 0.3) is 0 Å². The molecular formula is C15H23N5O. The molecule has 0 aliphatic heterocycles. The maximum absolute atomic E-state index is 12.0. The van der Waals surface area contributed by atoms with Gasteiger partial charge in [0.1, 0.15) is 5.54 Å². The summed E-state index contributed by atoms with van der Waals surface area (Å²) in [6, 6.07) is 4.20. The van der Waals surface area contributed by atoms with Gasteiger partial charge in [0.15, 0.2) is 0 Å². The minimum Gasteiger partial charge on any atom is -0.337 e. The van der Waals surface area contributed by atoms with E-state index in [1.807, 2.05) is 16.9 Å². The van der Waals surface area contributed by atoms with Crippen molar-refractivity contribution in [3.05, 3.63) is 18.5 Å². The van der Waals surface area contributed by atoms with Gasteiger partial charge in [0.2, 0.25) is 5.91 Å². The van der Waals surface area contributed by atoms with E-state index in [0.717, 1.165) is 45.1 Å². The van der Waals surface area contributed by atoms with Crippen LogP contribution in [0.3, 0.4) is 0 Å². The molecule has 2 rings (SSSR count). The van der Waals surface area contributed by atoms with Crippen molar-refractivity contribution in [3.63, 3.8) is 0 Å². The van der Waals surface area contributed by atoms with Gasteiger partial charge in [-0.25, -0.2) is 0 Å². The van der Waals surface area contributed by atoms with Crippen molar-refractivity contribution < 1.29 is 4.79 Å². The molecule has 1 aromatic rings. The molecule has 1 amide bonds. The molecule has 0 unspecified atom stereocenters. The molecule has 2 N–H and O–H groups in total. The molecule has 6 nitrogen and oxygen atoms in total. The van der Waals surface area contributed by atoms with Gasteiger partial charge in [-0.2, -0.15) is 10.4 Å². The molecule has 114 valence electrons. The molecule has 1 aliphatic rings. The summed E-state index contributed by atoms with van der Waals surface area (Å²) < 4.78 is 1.81. The lowest BCUT2D eigenvalue weighted by Gasteiger charge is -2.26. The van der Waals surface area contributed by atoms with E-state index in [9.17, 15) is 10.1 Å². The number of rotatable bonds is 6. The molecule has 0 aromatic carbocycles. The zero-order valence-corrected chi connectivity index (χ0v) is 12.3. The van der Waals surface area contributed by atoms with E-state index >= 15 is 0 Å². The van der Waals surface area contributed by atoms with Crippen molar-refractivity contribution in [2.75, 3.05) is 13.1 Å². The SMILES string of the molecule is N#CC1(NC(=O)CNCCn2cccn2)CCCCCC1. The Morgan fingerprint density at radius 3 is 2.71 bits per heavy atom. The van der Waals surface area contributed by atoms with Gasteiger partial charge in [0.05, 0.1) is 19.2 Å². The monoisotopic (exact) mass is 289 g/mol. The second-order valence-electron chi connectivity index (χ2n) is 5.60. The maximum Gasteiger partial charge on any atom is 0.235 e. The third-order valence-electron chi connectivity index (χ3n) is 3.91. The maximum atomic E-state index is 12.0. The molecule has 1 aromatic heterocycles. The average Bonchev–Trinajstić information content (AvgIpc) is 2.90. The summed E-state index contributed by atoms with van der Waals surface area (Å²) in [5, 5.41) is 19.5. The summed E-state index contributed by atoms with van der Waals surface area (Å²) in [4.78, 5) is 12.0. The Hall–Kier alpha value is -1.87. The molecule has 0 atom stereocenters. The highest BCUT2D eigenvalue weighted by atomic mass is 16.2. The van der Waals surface area contributed by atoms with Crippen LogP contribution in [-0.2, 0) is 11.3 Å². The highest BCUT2D eigenvalue weighted by Crippen LogP contribution is 2.26. The number of aromatic nitrogens is 2. The van der Waals surface area contributed by atoms with Gasteiger partial charge < -0.3 is 10.6 Å². The lowest BCUT2D eigenvalue weighted by atomic mass is 9.92. The van der Waals surface area contributed by atoms with E-state index in [0.29, 0.717) is 6.54 Å². The quantitative estimate of drug-likeness (QED) is 0.609. The first-order valence-electron chi connectivity index (χ1n) is 7.64. The summed E-state index contributed by atoms with van der Waals surface area (Å²) in [6.45, 7) is 1.64. The zero-order valence-electron chi connectivity index (χ0n) is 12.3. The Labute approximate surface area is 125 Å². The molecule has 1 heterocycles. The van der Waals surface area contributed by atoms with Crippen LogP contribution in [0.25, 0.3) is 0 Å². The zero-order chi connectivity index (χ0) is 15.0. The second kappa shape index (κ2) is 7.79. The van der Waals surface area contributed by atoms with E-state index in [1.165, 1.54) is 0 Å². The largest absolute Gasteiger partial charge is 0.337 e. The number of hydrogen-bond donors (Lipinski definition) is 2. The molecule has 6 heteroatoms. The summed E-state index contributed by atoms with van der Waals surface area (Å²) in [5.41, 5.74) is -0.656. The molecule has 0 saturated heterocycles. The first kappa shape index (κ1) is 15.5. The first-order chi connectivity index (χ1) is 10.2. The fraction of sp³-hybridized carbons (Fsp3) is 0.667. The van der Waals surface area contributed by atoms with Crippen molar-refractivity contribution >= 4 is 5.91 Å². The molecule has 1 fully saturated rings. The molecular weight excluding hydrogens is 266 g/mol. The minimum absolute atomic E-state index is 0.0982. The Bertz CT molecular complexity index is 469. The lowest BCUT2D eigenvalue weighted by molar-refractivity contribution is -0.121. The van der Waals surface area contributed by atoms with Crippen LogP contribution in [0.2, 0.25) is 0 Å². The Kier molecular flexibility index (Phi) is 5.76. The number of nitrogens with zero attached hydrogens (tertiary/aromatic N) is 3. The molecule has 1 aliphatic carbocycles. The second-order valence-corrected chi connectivity index (χ2v) is 5.60. The third kappa shape index (κ3) is 4.87. The number of carbonyl (C=O) groups is 1. The van der Waals surface area contributed by atoms with Crippen LogP contribution >= 0.6 is 0 Å². The normalized spacial score (nSPS) is 17.7. The van der Waals surface area contributed by atoms with Crippen molar-refractivity contribution in [3.8, 4) is 6.07 Å². The molecule has 0 bridgehead atoms. The van der Waals surface area contributed by atoms with Crippen LogP contribution < -0.4 is 10.6 Å². The van der Waals surface area contributed by atoms with E-state index in [-0.39, 0.29) is 12.5 Å². The van der Waals surface area contributed by atoms with Gasteiger partial charge in [-0.3, -0.25) is 9.48 Å². The molecule has 21 heavy (non-hydrogen) atoms. The van der Waals surface area contributed by atoms with Gasteiger partial charge >= 0.3 is 0 Å². The number of amides is 1. The van der Waals surface area contributed by atoms with Crippen LogP contribution in [0.15, 0.2) is 18.5 Å². The Balaban J connectivity index is 1.71. The van der Waals surface area contributed by atoms with E-state index in [1.54, 1.807) is 6.20 Å². The van der Waals surface area contributed by atoms with E-state index in [4.69, 9.17) is 0 Å². The fourth-order valence-corrected chi connectivity index (χ4v) is 2.74. The van der Waals surface area contributed by atoms with Gasteiger partial charge in [-0.15, -0.1) is 0 Å². The highest BCUT2D eigenvalue weighted by molar-refractivity contribution is 5.79. The van der Waals surface area contributed by atoms with E-state index < -0.39 is 5.54 Å². The van der Waals surface area contributed by atoms with Crippen molar-refractivity contribution in [2.24, 2.45) is 0 Å². The standard InChI is InChI=1S/C15H23N5O/c16-13-15(6-3-1-2-4-7-15)19-14(21)12-17-9-11-20-10-5-8-18-20/h5,8,10,17H,1-4,6-7,9,11-12H2,(H,19,21). The Morgan fingerprint density at radius 1 is 1.33 bits per heavy atom. The van der Waals surface area contributed by atoms with Crippen LogP contribution in [0.4, 0.5) is 0 Å². The molecule has 0 spiro atoms. The predicted molar refractivity (Wildman–Crippen MR) is 79.3 cm³/mol. The smallest absolute Gasteiger partial charge is 0.235 e. The highest BCUT2D eigenvalue weighted by Gasteiger charge is 2.32. The first-order valence-corrected chi connectivity index (χ1v) is 7.64. The number of nitrogens with one attached hydrogen (secondary N) is 2. The number of nitriles is 1. The molecule has 1 saturated carbocycles. The predicted octanol–water partition coefficient (Wildman–Crippen LogP) is 1.21. The lowest BCUT2D eigenvalue weighted by Crippen LogP contribution is -2.50. The van der Waals surface area contributed by atoms with Crippen molar-refractivity contribution in [2.45, 2.75) is 50.6 Å². The summed E-state index contributed by atoms with van der Waals surface area (Å²) >= 11 is 0. The summed E-state index contributed by atoms with van der Waals surface area (Å²) in [7, 11) is 0.